The van der Waals surface area contributed by atoms with Crippen LogP contribution in [0.15, 0.2) is 0 Å². The number of nitrogens with one attached hydrogen (secondary N) is 1. The quantitative estimate of drug-likeness (QED) is 0.825. The van der Waals surface area contributed by atoms with E-state index < -0.39 is 0 Å². The summed E-state index contributed by atoms with van der Waals surface area (Å²) in [5.41, 5.74) is 0. The molecule has 2 heteroatoms. The van der Waals surface area contributed by atoms with Crippen molar-refractivity contribution in [3.63, 3.8) is 0 Å². The van der Waals surface area contributed by atoms with Gasteiger partial charge < -0.3 is 5.32 Å². The fraction of sp³-hybridized carbons (Fsp3) is 1.00. The maximum Gasteiger partial charge on any atom is 0.0128 e. The number of fused-ring (bicyclic) bond motifs is 2. The first-order valence-electron chi connectivity index (χ1n) is 8.19. The summed E-state index contributed by atoms with van der Waals surface area (Å²) in [5.74, 6) is 1.90. The van der Waals surface area contributed by atoms with Crippen molar-refractivity contribution in [2.45, 2.75) is 83.5 Å². The summed E-state index contributed by atoms with van der Waals surface area (Å²) < 4.78 is 0. The summed E-state index contributed by atoms with van der Waals surface area (Å²) in [4.78, 5) is 2.85. The predicted octanol–water partition coefficient (Wildman–Crippen LogP) is 3.03. The van der Waals surface area contributed by atoms with Gasteiger partial charge in [-0.2, -0.15) is 0 Å². The van der Waals surface area contributed by atoms with Crippen LogP contribution in [0.25, 0.3) is 0 Å². The number of piperidine rings is 1. The Morgan fingerprint density at radius 3 is 2.06 bits per heavy atom. The predicted molar refractivity (Wildman–Crippen MR) is 76.7 cm³/mol. The molecule has 2 nitrogen and oxygen atoms in total. The largest absolute Gasteiger partial charge is 0.311 e. The van der Waals surface area contributed by atoms with Gasteiger partial charge in [-0.15, -0.1) is 0 Å². The summed E-state index contributed by atoms with van der Waals surface area (Å²) in [6.07, 6.45) is 8.60. The van der Waals surface area contributed by atoms with Crippen molar-refractivity contribution in [1.29, 1.82) is 0 Å². The normalized spacial score (nSPS) is 43.5. The third kappa shape index (κ3) is 2.34. The minimum absolute atomic E-state index is 0.837. The molecule has 0 aromatic heterocycles. The van der Waals surface area contributed by atoms with Crippen LogP contribution in [0.3, 0.4) is 0 Å². The lowest BCUT2D eigenvalue weighted by molar-refractivity contribution is 0.0128. The Labute approximate surface area is 113 Å². The van der Waals surface area contributed by atoms with Gasteiger partial charge in [0.1, 0.15) is 0 Å². The molecule has 1 aliphatic carbocycles. The highest BCUT2D eigenvalue weighted by Gasteiger charge is 2.41. The second kappa shape index (κ2) is 5.13. The van der Waals surface area contributed by atoms with Gasteiger partial charge in [-0.25, -0.2) is 0 Å². The number of hydrogen-bond donors (Lipinski definition) is 1. The summed E-state index contributed by atoms with van der Waals surface area (Å²) in [6.45, 7) is 8.41. The van der Waals surface area contributed by atoms with Gasteiger partial charge >= 0.3 is 0 Å². The molecule has 2 heterocycles. The van der Waals surface area contributed by atoms with Crippen LogP contribution in [0.1, 0.15) is 59.3 Å². The van der Waals surface area contributed by atoms with Crippen molar-refractivity contribution < 1.29 is 0 Å². The van der Waals surface area contributed by atoms with Crippen molar-refractivity contribution in [1.82, 2.24) is 10.2 Å². The van der Waals surface area contributed by atoms with Gasteiger partial charge in [0, 0.05) is 24.2 Å². The van der Waals surface area contributed by atoms with E-state index in [1.165, 1.54) is 45.1 Å². The number of nitrogens with zero attached hydrogens (tertiary/aromatic N) is 1. The van der Waals surface area contributed by atoms with Gasteiger partial charge in [0.25, 0.3) is 0 Å². The highest BCUT2D eigenvalue weighted by atomic mass is 15.2. The number of hydrogen-bond acceptors (Lipinski definition) is 2. The van der Waals surface area contributed by atoms with Gasteiger partial charge in [-0.1, -0.05) is 20.8 Å². The number of rotatable bonds is 4. The van der Waals surface area contributed by atoms with Gasteiger partial charge in [0.05, 0.1) is 0 Å². The lowest BCUT2D eigenvalue weighted by atomic mass is 9.72. The van der Waals surface area contributed by atoms with Crippen LogP contribution >= 0.6 is 0 Å². The molecule has 1 N–H and O–H groups in total. The molecule has 0 aromatic carbocycles. The minimum Gasteiger partial charge on any atom is -0.311 e. The van der Waals surface area contributed by atoms with Crippen LogP contribution in [0.2, 0.25) is 0 Å². The molecule has 2 bridgehead atoms. The van der Waals surface area contributed by atoms with E-state index in [9.17, 15) is 0 Å². The van der Waals surface area contributed by atoms with E-state index in [1.54, 1.807) is 0 Å². The summed E-state index contributed by atoms with van der Waals surface area (Å²) in [6, 6.07) is 3.46. The Bertz CT molecular complexity index is 271. The van der Waals surface area contributed by atoms with E-state index in [0.717, 1.165) is 36.0 Å². The average molecular weight is 250 g/mol. The van der Waals surface area contributed by atoms with Crippen molar-refractivity contribution in [3.05, 3.63) is 0 Å². The molecule has 2 unspecified atom stereocenters. The lowest BCUT2D eigenvalue weighted by Gasteiger charge is -2.49. The fourth-order valence-electron chi connectivity index (χ4n) is 4.56. The molecular weight excluding hydrogens is 220 g/mol. The molecule has 0 spiro atoms. The molecule has 0 amide bonds. The molecule has 3 fully saturated rings. The summed E-state index contributed by atoms with van der Waals surface area (Å²) in [7, 11) is 0. The van der Waals surface area contributed by atoms with Crippen molar-refractivity contribution in [2.24, 2.45) is 11.8 Å². The van der Waals surface area contributed by atoms with Crippen molar-refractivity contribution in [2.75, 3.05) is 6.54 Å². The molecule has 3 rings (SSSR count). The van der Waals surface area contributed by atoms with Gasteiger partial charge in [0.15, 0.2) is 0 Å². The van der Waals surface area contributed by atoms with E-state index in [2.05, 4.69) is 31.0 Å². The first-order valence-corrected chi connectivity index (χ1v) is 8.19. The molecule has 2 atom stereocenters. The summed E-state index contributed by atoms with van der Waals surface area (Å²) >= 11 is 0. The Balaban J connectivity index is 1.57. The molecular formula is C16H30N2. The van der Waals surface area contributed by atoms with Crippen LogP contribution in [-0.2, 0) is 0 Å². The van der Waals surface area contributed by atoms with Crippen molar-refractivity contribution >= 4 is 0 Å². The van der Waals surface area contributed by atoms with Crippen molar-refractivity contribution in [3.8, 4) is 0 Å². The molecule has 0 aromatic rings. The molecule has 2 aliphatic heterocycles. The van der Waals surface area contributed by atoms with E-state index in [4.69, 9.17) is 0 Å². The van der Waals surface area contributed by atoms with Gasteiger partial charge in [-0.3, -0.25) is 4.90 Å². The Hall–Kier alpha value is -0.0800. The molecule has 18 heavy (non-hydrogen) atoms. The van der Waals surface area contributed by atoms with Crippen LogP contribution in [0.4, 0.5) is 0 Å². The Morgan fingerprint density at radius 1 is 1.00 bits per heavy atom. The molecule has 0 radical (unpaired) electrons. The second-order valence-electron chi connectivity index (χ2n) is 7.22. The summed E-state index contributed by atoms with van der Waals surface area (Å²) in [5, 5.41) is 3.77. The zero-order valence-electron chi connectivity index (χ0n) is 12.4. The van der Waals surface area contributed by atoms with E-state index in [0.29, 0.717) is 0 Å². The highest BCUT2D eigenvalue weighted by molar-refractivity contribution is 4.99. The zero-order valence-corrected chi connectivity index (χ0v) is 12.4. The maximum atomic E-state index is 3.77. The monoisotopic (exact) mass is 250 g/mol. The smallest absolute Gasteiger partial charge is 0.0128 e. The topological polar surface area (TPSA) is 15.3 Å². The standard InChI is InChI=1S/C16H30N2/c1-4-18(15-7-12(8-15)11(2)3)16-9-13-5-6-14(10-16)17-13/h11-17H,4-10H2,1-3H3. The van der Waals surface area contributed by atoms with E-state index in [-0.39, 0.29) is 0 Å². The second-order valence-corrected chi connectivity index (χ2v) is 7.22. The molecule has 104 valence electrons. The zero-order chi connectivity index (χ0) is 12.7. The SMILES string of the molecule is CCN(C1CC2CCC(C1)N2)C1CC(C(C)C)C1. The molecule has 1 saturated carbocycles. The Morgan fingerprint density at radius 2 is 1.56 bits per heavy atom. The fourth-order valence-corrected chi connectivity index (χ4v) is 4.56. The van der Waals surface area contributed by atoms with Crippen LogP contribution in [-0.4, -0.2) is 35.6 Å². The van der Waals surface area contributed by atoms with E-state index >= 15 is 0 Å². The lowest BCUT2D eigenvalue weighted by Crippen LogP contribution is -2.55. The maximum absolute atomic E-state index is 3.77. The van der Waals surface area contributed by atoms with Gasteiger partial charge in [0.2, 0.25) is 0 Å². The Kier molecular flexibility index (Phi) is 3.68. The molecule has 2 saturated heterocycles. The first kappa shape index (κ1) is 12.9. The minimum atomic E-state index is 0.837. The highest BCUT2D eigenvalue weighted by Crippen LogP contribution is 2.40. The third-order valence-electron chi connectivity index (χ3n) is 5.84. The van der Waals surface area contributed by atoms with Gasteiger partial charge in [-0.05, 0) is 56.9 Å². The van der Waals surface area contributed by atoms with Crippen LogP contribution in [0.5, 0.6) is 0 Å². The van der Waals surface area contributed by atoms with Crippen LogP contribution in [0, 0.1) is 11.8 Å². The molecule has 3 aliphatic rings. The first-order chi connectivity index (χ1) is 8.67. The van der Waals surface area contributed by atoms with Crippen LogP contribution < -0.4 is 5.32 Å². The third-order valence-corrected chi connectivity index (χ3v) is 5.84. The average Bonchev–Trinajstić information content (AvgIpc) is 2.61. The van der Waals surface area contributed by atoms with E-state index in [1.807, 2.05) is 0 Å².